The highest BCUT2D eigenvalue weighted by Crippen LogP contribution is 2.19. The van der Waals surface area contributed by atoms with E-state index in [0.717, 1.165) is 21.8 Å². The molecule has 0 spiro atoms. The molecule has 3 aromatic rings. The van der Waals surface area contributed by atoms with Gasteiger partial charge in [-0.25, -0.2) is 9.37 Å². The van der Waals surface area contributed by atoms with Crippen LogP contribution in [0.5, 0.6) is 0 Å². The van der Waals surface area contributed by atoms with Crippen molar-refractivity contribution in [3.63, 3.8) is 0 Å². The van der Waals surface area contributed by atoms with Crippen molar-refractivity contribution in [2.75, 3.05) is 0 Å². The van der Waals surface area contributed by atoms with Gasteiger partial charge in [-0.2, -0.15) is 0 Å². The molecule has 0 aliphatic carbocycles. The smallest absolute Gasteiger partial charge is 0.123 e. The van der Waals surface area contributed by atoms with Crippen molar-refractivity contribution in [3.8, 4) is 0 Å². The Balaban J connectivity index is 2.47. The van der Waals surface area contributed by atoms with Gasteiger partial charge in [0, 0.05) is 10.8 Å². The summed E-state index contributed by atoms with van der Waals surface area (Å²) in [5.41, 5.74) is 1.77. The van der Waals surface area contributed by atoms with Gasteiger partial charge in [-0.05, 0) is 30.3 Å². The van der Waals surface area contributed by atoms with E-state index in [4.69, 9.17) is 0 Å². The number of hydrogen-bond acceptors (Lipinski definition) is 1. The molecule has 0 amide bonds. The van der Waals surface area contributed by atoms with Crippen molar-refractivity contribution in [2.24, 2.45) is 0 Å². The number of benzene rings is 2. The highest BCUT2D eigenvalue weighted by atomic mass is 19.1. The van der Waals surface area contributed by atoms with Crippen LogP contribution in [0.4, 0.5) is 4.39 Å². The molecule has 72 valence electrons. The van der Waals surface area contributed by atoms with Crippen LogP contribution >= 0.6 is 0 Å². The monoisotopic (exact) mass is 197 g/mol. The molecule has 0 atom stereocenters. The van der Waals surface area contributed by atoms with Crippen LogP contribution in [0.3, 0.4) is 0 Å². The normalized spacial score (nSPS) is 11.0. The third-order valence-corrected chi connectivity index (χ3v) is 2.48. The third-order valence-electron chi connectivity index (χ3n) is 2.48. The predicted octanol–water partition coefficient (Wildman–Crippen LogP) is 3.53. The van der Waals surface area contributed by atoms with E-state index in [-0.39, 0.29) is 5.82 Å². The second-order valence-electron chi connectivity index (χ2n) is 3.52. The zero-order valence-corrected chi connectivity index (χ0v) is 7.94. The second-order valence-corrected chi connectivity index (χ2v) is 3.52. The first-order valence-corrected chi connectivity index (χ1v) is 4.78. The molecular formula is C13H8FN. The molecule has 3 rings (SSSR count). The fourth-order valence-corrected chi connectivity index (χ4v) is 1.75. The number of para-hydroxylation sites is 1. The first kappa shape index (κ1) is 8.36. The fourth-order valence-electron chi connectivity index (χ4n) is 1.75. The molecule has 0 radical (unpaired) electrons. The van der Waals surface area contributed by atoms with E-state index in [1.807, 2.05) is 30.3 Å². The summed E-state index contributed by atoms with van der Waals surface area (Å²) in [4.78, 5) is 4.45. The van der Waals surface area contributed by atoms with E-state index >= 15 is 0 Å². The van der Waals surface area contributed by atoms with Crippen molar-refractivity contribution >= 4 is 21.8 Å². The number of hydrogen-bond donors (Lipinski definition) is 0. The number of pyridine rings is 1. The van der Waals surface area contributed by atoms with Gasteiger partial charge in [-0.15, -0.1) is 0 Å². The first-order valence-electron chi connectivity index (χ1n) is 4.78. The van der Waals surface area contributed by atoms with Gasteiger partial charge in [-0.3, -0.25) is 0 Å². The van der Waals surface area contributed by atoms with Gasteiger partial charge in [0.15, 0.2) is 0 Å². The average Bonchev–Trinajstić information content (AvgIpc) is 2.26. The molecule has 1 heterocycles. The summed E-state index contributed by atoms with van der Waals surface area (Å²) in [7, 11) is 0. The van der Waals surface area contributed by atoms with Crippen LogP contribution in [0.25, 0.3) is 21.8 Å². The highest BCUT2D eigenvalue weighted by Gasteiger charge is 1.99. The predicted molar refractivity (Wildman–Crippen MR) is 59.2 cm³/mol. The van der Waals surface area contributed by atoms with Gasteiger partial charge in [0.1, 0.15) is 5.82 Å². The first-order chi connectivity index (χ1) is 7.33. The number of aromatic nitrogens is 1. The lowest BCUT2D eigenvalue weighted by molar-refractivity contribution is 0.629. The standard InChI is InChI=1S/C13H8FN/c14-11-5-6-13-10(8-11)7-9-3-1-2-4-12(9)15-13/h1-8H. The number of fused-ring (bicyclic) bond motifs is 2. The maximum absolute atomic E-state index is 13.0. The van der Waals surface area contributed by atoms with Gasteiger partial charge in [0.25, 0.3) is 0 Å². The molecule has 2 aromatic carbocycles. The van der Waals surface area contributed by atoms with Crippen molar-refractivity contribution in [2.45, 2.75) is 0 Å². The summed E-state index contributed by atoms with van der Waals surface area (Å²) in [6, 6.07) is 14.4. The van der Waals surface area contributed by atoms with Gasteiger partial charge in [0.2, 0.25) is 0 Å². The molecular weight excluding hydrogens is 189 g/mol. The van der Waals surface area contributed by atoms with Crippen LogP contribution in [0, 0.1) is 5.82 Å². The summed E-state index contributed by atoms with van der Waals surface area (Å²) >= 11 is 0. The van der Waals surface area contributed by atoms with E-state index in [1.165, 1.54) is 12.1 Å². The molecule has 0 N–H and O–H groups in total. The lowest BCUT2D eigenvalue weighted by Gasteiger charge is -2.00. The quantitative estimate of drug-likeness (QED) is 0.502. The summed E-state index contributed by atoms with van der Waals surface area (Å²) in [6.07, 6.45) is 0. The third kappa shape index (κ3) is 1.34. The molecule has 0 fully saturated rings. The van der Waals surface area contributed by atoms with Crippen LogP contribution in [0.1, 0.15) is 0 Å². The van der Waals surface area contributed by atoms with Crippen molar-refractivity contribution in [1.29, 1.82) is 0 Å². The van der Waals surface area contributed by atoms with Crippen LogP contribution in [0.2, 0.25) is 0 Å². The summed E-state index contributed by atoms with van der Waals surface area (Å²) < 4.78 is 13.0. The van der Waals surface area contributed by atoms with E-state index in [0.29, 0.717) is 0 Å². The lowest BCUT2D eigenvalue weighted by Crippen LogP contribution is -1.83. The average molecular weight is 197 g/mol. The second kappa shape index (κ2) is 3.02. The zero-order valence-electron chi connectivity index (χ0n) is 7.94. The number of halogens is 1. The summed E-state index contributed by atoms with van der Waals surface area (Å²) in [5.74, 6) is -0.223. The van der Waals surface area contributed by atoms with Gasteiger partial charge in [-0.1, -0.05) is 18.2 Å². The van der Waals surface area contributed by atoms with E-state index in [9.17, 15) is 4.39 Å². The summed E-state index contributed by atoms with van der Waals surface area (Å²) in [5, 5.41) is 1.88. The van der Waals surface area contributed by atoms with E-state index < -0.39 is 0 Å². The molecule has 2 heteroatoms. The SMILES string of the molecule is Fc1ccc2nc3ccccc3cc2c1. The molecule has 0 saturated carbocycles. The Labute approximate surface area is 86.2 Å². The van der Waals surface area contributed by atoms with E-state index in [1.54, 1.807) is 6.07 Å². The molecule has 0 unspecified atom stereocenters. The number of rotatable bonds is 0. The molecule has 15 heavy (non-hydrogen) atoms. The van der Waals surface area contributed by atoms with Gasteiger partial charge >= 0.3 is 0 Å². The molecule has 0 saturated heterocycles. The van der Waals surface area contributed by atoms with Crippen LogP contribution in [0.15, 0.2) is 48.5 Å². The zero-order chi connectivity index (χ0) is 10.3. The van der Waals surface area contributed by atoms with Crippen molar-refractivity contribution in [1.82, 2.24) is 4.98 Å². The van der Waals surface area contributed by atoms with Crippen LogP contribution in [-0.2, 0) is 0 Å². The van der Waals surface area contributed by atoms with Crippen molar-refractivity contribution < 1.29 is 4.39 Å². The van der Waals surface area contributed by atoms with Crippen LogP contribution < -0.4 is 0 Å². The Morgan fingerprint density at radius 3 is 2.53 bits per heavy atom. The highest BCUT2D eigenvalue weighted by molar-refractivity contribution is 5.92. The topological polar surface area (TPSA) is 12.9 Å². The maximum Gasteiger partial charge on any atom is 0.123 e. The fraction of sp³-hybridized carbons (Fsp3) is 0. The van der Waals surface area contributed by atoms with Gasteiger partial charge in [0.05, 0.1) is 11.0 Å². The Hall–Kier alpha value is -1.96. The Morgan fingerprint density at radius 1 is 0.800 bits per heavy atom. The van der Waals surface area contributed by atoms with Crippen molar-refractivity contribution in [3.05, 3.63) is 54.3 Å². The largest absolute Gasteiger partial charge is 0.248 e. The molecule has 0 bridgehead atoms. The minimum atomic E-state index is -0.223. The molecule has 1 aromatic heterocycles. The lowest BCUT2D eigenvalue weighted by atomic mass is 10.1. The minimum Gasteiger partial charge on any atom is -0.248 e. The molecule has 1 nitrogen and oxygen atoms in total. The maximum atomic E-state index is 13.0. The molecule has 0 aliphatic heterocycles. The number of nitrogens with zero attached hydrogens (tertiary/aromatic N) is 1. The summed E-state index contributed by atoms with van der Waals surface area (Å²) in [6.45, 7) is 0. The minimum absolute atomic E-state index is 0.223. The van der Waals surface area contributed by atoms with Crippen LogP contribution in [-0.4, -0.2) is 4.98 Å². The van der Waals surface area contributed by atoms with Gasteiger partial charge < -0.3 is 0 Å². The Morgan fingerprint density at radius 2 is 1.60 bits per heavy atom. The molecule has 0 aliphatic rings. The Kier molecular flexibility index (Phi) is 1.68. The van der Waals surface area contributed by atoms with E-state index in [2.05, 4.69) is 4.98 Å². The Bertz CT molecular complexity index is 646.